The maximum absolute atomic E-state index is 11.9. The summed E-state index contributed by atoms with van der Waals surface area (Å²) in [6.07, 6.45) is 0.234. The molecule has 0 atom stereocenters. The van der Waals surface area contributed by atoms with Gasteiger partial charge in [-0.15, -0.1) is 11.3 Å². The summed E-state index contributed by atoms with van der Waals surface area (Å²) in [6.45, 7) is 3.64. The monoisotopic (exact) mass is 400 g/mol. The average Bonchev–Trinajstić information content (AvgIpc) is 3.05. The number of hydrogen-bond acceptors (Lipinski definition) is 6. The van der Waals surface area contributed by atoms with Gasteiger partial charge >= 0.3 is 5.97 Å². The lowest BCUT2D eigenvalue weighted by molar-refractivity contribution is -0.146. The van der Waals surface area contributed by atoms with Crippen LogP contribution < -0.4 is 5.32 Å². The molecule has 0 saturated carbocycles. The summed E-state index contributed by atoms with van der Waals surface area (Å²) in [5.41, 5.74) is 3.80. The van der Waals surface area contributed by atoms with E-state index in [0.717, 1.165) is 31.4 Å². The zero-order chi connectivity index (χ0) is 19.2. The number of carbonyl (C=O) groups is 2. The first-order valence-electron chi connectivity index (χ1n) is 8.52. The van der Waals surface area contributed by atoms with Crippen molar-refractivity contribution in [1.82, 2.24) is 4.98 Å². The second-order valence-electron chi connectivity index (χ2n) is 6.07. The average molecular weight is 401 g/mol. The number of hydrogen-bond donors (Lipinski definition) is 1. The molecular weight excluding hydrogens is 380 g/mol. The number of fused-ring (bicyclic) bond motifs is 1. The lowest BCUT2D eigenvalue weighted by Gasteiger charge is -2.09. The topological polar surface area (TPSA) is 68.3 Å². The van der Waals surface area contributed by atoms with E-state index in [4.69, 9.17) is 4.74 Å². The highest BCUT2D eigenvalue weighted by atomic mass is 32.2. The van der Waals surface area contributed by atoms with Gasteiger partial charge in [0.1, 0.15) is 0 Å². The van der Waals surface area contributed by atoms with Gasteiger partial charge in [-0.2, -0.15) is 0 Å². The number of thiazole rings is 1. The number of benzene rings is 2. The smallest absolute Gasteiger partial charge is 0.307 e. The zero-order valence-electron chi connectivity index (χ0n) is 15.2. The van der Waals surface area contributed by atoms with Crippen LogP contribution in [-0.4, -0.2) is 29.2 Å². The molecule has 0 fully saturated rings. The van der Waals surface area contributed by atoms with E-state index in [1.165, 1.54) is 11.8 Å². The van der Waals surface area contributed by atoms with E-state index in [-0.39, 0.29) is 24.9 Å². The van der Waals surface area contributed by atoms with Crippen molar-refractivity contribution in [2.45, 2.75) is 24.6 Å². The van der Waals surface area contributed by atoms with Gasteiger partial charge in [0.15, 0.2) is 10.9 Å². The molecule has 0 radical (unpaired) electrons. The number of anilines is 1. The van der Waals surface area contributed by atoms with E-state index in [1.807, 2.05) is 56.3 Å². The van der Waals surface area contributed by atoms with E-state index in [1.54, 1.807) is 11.3 Å². The van der Waals surface area contributed by atoms with E-state index in [2.05, 4.69) is 10.3 Å². The van der Waals surface area contributed by atoms with Gasteiger partial charge in [0.25, 0.3) is 5.91 Å². The van der Waals surface area contributed by atoms with Crippen LogP contribution in [0, 0.1) is 13.8 Å². The molecule has 2 aromatic carbocycles. The van der Waals surface area contributed by atoms with Crippen LogP contribution in [-0.2, 0) is 14.3 Å². The summed E-state index contributed by atoms with van der Waals surface area (Å²) in [7, 11) is 0. The maximum Gasteiger partial charge on any atom is 0.307 e. The predicted molar refractivity (Wildman–Crippen MR) is 110 cm³/mol. The van der Waals surface area contributed by atoms with E-state index < -0.39 is 0 Å². The van der Waals surface area contributed by atoms with Crippen LogP contribution in [0.4, 0.5) is 5.69 Å². The normalized spacial score (nSPS) is 10.7. The molecule has 0 bridgehead atoms. The number of thioether (sulfide) groups is 1. The minimum absolute atomic E-state index is 0.234. The number of nitrogens with one attached hydrogen (secondary N) is 1. The van der Waals surface area contributed by atoms with Crippen LogP contribution in [0.15, 0.2) is 46.8 Å². The molecule has 1 amide bonds. The van der Waals surface area contributed by atoms with Crippen molar-refractivity contribution < 1.29 is 14.3 Å². The second-order valence-corrected chi connectivity index (χ2v) is 8.45. The summed E-state index contributed by atoms with van der Waals surface area (Å²) >= 11 is 3.13. The number of para-hydroxylation sites is 1. The quantitative estimate of drug-likeness (QED) is 0.464. The summed E-state index contributed by atoms with van der Waals surface area (Å²) in [5.74, 6) is -0.161. The lowest BCUT2D eigenvalue weighted by atomic mass is 10.1. The highest BCUT2D eigenvalue weighted by Gasteiger charge is 2.10. The van der Waals surface area contributed by atoms with Gasteiger partial charge in [0, 0.05) is 11.4 Å². The first-order valence-corrected chi connectivity index (χ1v) is 10.3. The standard InChI is InChI=1S/C20H20N2O3S2/c1-13-7-8-15(14(2)11-13)21-18(23)12-25-19(24)9-10-26-20-22-16-5-3-4-6-17(16)27-20/h3-8,11H,9-10,12H2,1-2H3,(H,21,23). The number of aromatic nitrogens is 1. The Kier molecular flexibility index (Phi) is 6.47. The SMILES string of the molecule is Cc1ccc(NC(=O)COC(=O)CCSc2nc3ccccc3s2)c(C)c1. The molecule has 140 valence electrons. The molecule has 1 aromatic heterocycles. The van der Waals surface area contributed by atoms with Crippen molar-refractivity contribution in [2.75, 3.05) is 17.7 Å². The van der Waals surface area contributed by atoms with Gasteiger partial charge in [-0.25, -0.2) is 4.98 Å². The van der Waals surface area contributed by atoms with Crippen LogP contribution in [0.2, 0.25) is 0 Å². The van der Waals surface area contributed by atoms with E-state index >= 15 is 0 Å². The van der Waals surface area contributed by atoms with Crippen molar-refractivity contribution in [1.29, 1.82) is 0 Å². The van der Waals surface area contributed by atoms with E-state index in [9.17, 15) is 9.59 Å². The fraction of sp³-hybridized carbons (Fsp3) is 0.250. The summed E-state index contributed by atoms with van der Waals surface area (Å²) in [5, 5.41) is 2.76. The van der Waals surface area contributed by atoms with Gasteiger partial charge in [0.2, 0.25) is 0 Å². The molecule has 0 unspecified atom stereocenters. The fourth-order valence-electron chi connectivity index (χ4n) is 2.49. The minimum atomic E-state index is -0.389. The number of nitrogens with zero attached hydrogens (tertiary/aromatic N) is 1. The number of amides is 1. The van der Waals surface area contributed by atoms with Gasteiger partial charge < -0.3 is 10.1 Å². The van der Waals surface area contributed by atoms with Crippen molar-refractivity contribution in [3.63, 3.8) is 0 Å². The molecule has 0 saturated heterocycles. The Morgan fingerprint density at radius 1 is 1.19 bits per heavy atom. The fourth-order valence-corrected chi connectivity index (χ4v) is 4.55. The van der Waals surface area contributed by atoms with Crippen LogP contribution >= 0.6 is 23.1 Å². The predicted octanol–water partition coefficient (Wildman–Crippen LogP) is 4.58. The third-order valence-electron chi connectivity index (χ3n) is 3.83. The van der Waals surface area contributed by atoms with Crippen molar-refractivity contribution >= 4 is 50.9 Å². The number of aryl methyl sites for hydroxylation is 2. The van der Waals surface area contributed by atoms with Crippen LogP contribution in [0.5, 0.6) is 0 Å². The van der Waals surface area contributed by atoms with Gasteiger partial charge in [0.05, 0.1) is 16.6 Å². The number of esters is 1. The molecule has 7 heteroatoms. The Hall–Kier alpha value is -2.38. The van der Waals surface area contributed by atoms with Gasteiger partial charge in [-0.1, -0.05) is 41.6 Å². The first kappa shape index (κ1) is 19.4. The Labute approximate surface area is 166 Å². The molecule has 0 aliphatic rings. The largest absolute Gasteiger partial charge is 0.456 e. The number of ether oxygens (including phenoxy) is 1. The van der Waals surface area contributed by atoms with Crippen LogP contribution in [0.3, 0.4) is 0 Å². The highest BCUT2D eigenvalue weighted by molar-refractivity contribution is 8.01. The Morgan fingerprint density at radius 2 is 2.00 bits per heavy atom. The minimum Gasteiger partial charge on any atom is -0.456 e. The zero-order valence-corrected chi connectivity index (χ0v) is 16.8. The summed E-state index contributed by atoms with van der Waals surface area (Å²) < 4.78 is 7.11. The lowest BCUT2D eigenvalue weighted by Crippen LogP contribution is -2.21. The van der Waals surface area contributed by atoms with Crippen LogP contribution in [0.25, 0.3) is 10.2 Å². The van der Waals surface area contributed by atoms with Crippen molar-refractivity contribution in [2.24, 2.45) is 0 Å². The maximum atomic E-state index is 11.9. The molecular formula is C20H20N2O3S2. The molecule has 3 aromatic rings. The van der Waals surface area contributed by atoms with Gasteiger partial charge in [-0.05, 0) is 37.6 Å². The number of carbonyl (C=O) groups excluding carboxylic acids is 2. The first-order chi connectivity index (χ1) is 13.0. The molecule has 1 N–H and O–H groups in total. The Bertz CT molecular complexity index is 936. The summed E-state index contributed by atoms with van der Waals surface area (Å²) in [6, 6.07) is 13.7. The second kappa shape index (κ2) is 9.01. The van der Waals surface area contributed by atoms with Crippen molar-refractivity contribution in [3.05, 3.63) is 53.6 Å². The molecule has 5 nitrogen and oxygen atoms in total. The molecule has 27 heavy (non-hydrogen) atoms. The Balaban J connectivity index is 1.39. The highest BCUT2D eigenvalue weighted by Crippen LogP contribution is 2.29. The third-order valence-corrected chi connectivity index (χ3v) is 6.01. The molecule has 0 spiro atoms. The molecule has 0 aliphatic heterocycles. The number of rotatable bonds is 7. The molecule has 3 rings (SSSR count). The van der Waals surface area contributed by atoms with Crippen molar-refractivity contribution in [3.8, 4) is 0 Å². The molecule has 0 aliphatic carbocycles. The van der Waals surface area contributed by atoms with Crippen LogP contribution in [0.1, 0.15) is 17.5 Å². The Morgan fingerprint density at radius 3 is 2.78 bits per heavy atom. The summed E-state index contributed by atoms with van der Waals surface area (Å²) in [4.78, 5) is 28.3. The van der Waals surface area contributed by atoms with Gasteiger partial charge in [-0.3, -0.25) is 9.59 Å². The molecule has 1 heterocycles. The van der Waals surface area contributed by atoms with E-state index in [0.29, 0.717) is 5.75 Å². The third kappa shape index (κ3) is 5.55.